The fraction of sp³-hybridized carbons (Fsp3) is 0.154. The van der Waals surface area contributed by atoms with Crippen LogP contribution in [-0.2, 0) is 5.54 Å². The van der Waals surface area contributed by atoms with Crippen molar-refractivity contribution in [1.82, 2.24) is 24.8 Å². The highest BCUT2D eigenvalue weighted by Crippen LogP contribution is 2.40. The lowest BCUT2D eigenvalue weighted by Crippen LogP contribution is -2.43. The Morgan fingerprint density at radius 3 is 2.46 bits per heavy atom. The predicted octanol–water partition coefficient (Wildman–Crippen LogP) is 4.85. The average molecular weight is 467 g/mol. The van der Waals surface area contributed by atoms with Gasteiger partial charge in [0.1, 0.15) is 5.69 Å². The lowest BCUT2D eigenvalue weighted by Gasteiger charge is -2.38. The number of aromatic nitrogens is 5. The predicted molar refractivity (Wildman–Crippen MR) is 130 cm³/mol. The minimum Gasteiger partial charge on any atom is -0.449 e. The van der Waals surface area contributed by atoms with Gasteiger partial charge in [0.05, 0.1) is 17.0 Å². The van der Waals surface area contributed by atoms with Crippen molar-refractivity contribution in [3.63, 3.8) is 0 Å². The first-order valence-corrected chi connectivity index (χ1v) is 11.3. The van der Waals surface area contributed by atoms with E-state index in [4.69, 9.17) is 15.5 Å². The van der Waals surface area contributed by atoms with Gasteiger partial charge in [0.25, 0.3) is 0 Å². The first-order chi connectivity index (χ1) is 17.0. The van der Waals surface area contributed by atoms with Crippen molar-refractivity contribution in [1.29, 1.82) is 0 Å². The molecule has 0 radical (unpaired) electrons. The van der Waals surface area contributed by atoms with Gasteiger partial charge in [0.15, 0.2) is 5.65 Å². The molecule has 5 aromatic rings. The number of hydrogen-bond acceptors (Lipinski definition) is 6. The number of rotatable bonds is 5. The van der Waals surface area contributed by atoms with E-state index >= 15 is 0 Å². The molecule has 174 valence electrons. The molecule has 9 heteroatoms. The Kier molecular flexibility index (Phi) is 4.85. The summed E-state index contributed by atoms with van der Waals surface area (Å²) < 4.78 is 6.57. The Balaban J connectivity index is 1.60. The molecule has 3 aromatic heterocycles. The molecular weight excluding hydrogens is 444 g/mol. The van der Waals surface area contributed by atoms with Crippen LogP contribution in [0.5, 0.6) is 5.88 Å². The van der Waals surface area contributed by atoms with E-state index in [0.29, 0.717) is 28.3 Å². The molecule has 1 saturated carbocycles. The monoisotopic (exact) mass is 466 g/mol. The lowest BCUT2D eigenvalue weighted by atomic mass is 9.72. The third-order valence-corrected chi connectivity index (χ3v) is 6.56. The van der Waals surface area contributed by atoms with Crippen LogP contribution in [0.3, 0.4) is 0 Å². The fourth-order valence-electron chi connectivity index (χ4n) is 4.60. The quantitative estimate of drug-likeness (QED) is 0.316. The van der Waals surface area contributed by atoms with E-state index in [1.807, 2.05) is 42.5 Å². The lowest BCUT2D eigenvalue weighted by molar-refractivity contribution is 0.142. The van der Waals surface area contributed by atoms with Crippen molar-refractivity contribution in [2.75, 3.05) is 0 Å². The maximum atomic E-state index is 11.3. The largest absolute Gasteiger partial charge is 0.512 e. The van der Waals surface area contributed by atoms with Gasteiger partial charge in [0, 0.05) is 28.9 Å². The Labute approximate surface area is 200 Å². The summed E-state index contributed by atoms with van der Waals surface area (Å²) in [7, 11) is 0. The van der Waals surface area contributed by atoms with Crippen LogP contribution >= 0.6 is 0 Å². The molecule has 3 heterocycles. The number of ether oxygens (including phenoxy) is 1. The third-order valence-electron chi connectivity index (χ3n) is 6.56. The van der Waals surface area contributed by atoms with Gasteiger partial charge >= 0.3 is 6.16 Å². The van der Waals surface area contributed by atoms with Crippen LogP contribution in [0.4, 0.5) is 4.79 Å². The first kappa shape index (κ1) is 21.1. The van der Waals surface area contributed by atoms with E-state index < -0.39 is 6.16 Å². The normalized spacial score (nSPS) is 14.5. The van der Waals surface area contributed by atoms with Crippen LogP contribution in [0, 0.1) is 0 Å². The second kappa shape index (κ2) is 8.07. The molecule has 0 bridgehead atoms. The zero-order valence-electron chi connectivity index (χ0n) is 18.7. The van der Waals surface area contributed by atoms with Gasteiger partial charge in [-0.25, -0.2) is 14.3 Å². The molecule has 0 amide bonds. The minimum absolute atomic E-state index is 0.0745. The number of fused-ring (bicyclic) bond motifs is 1. The highest BCUT2D eigenvalue weighted by Gasteiger charge is 2.34. The molecule has 2 aromatic carbocycles. The molecule has 1 aliphatic carbocycles. The average Bonchev–Trinajstić information content (AvgIpc) is 3.51. The summed E-state index contributed by atoms with van der Waals surface area (Å²) in [4.78, 5) is 16.3. The van der Waals surface area contributed by atoms with Crippen LogP contribution in [0.2, 0.25) is 0 Å². The molecule has 35 heavy (non-hydrogen) atoms. The maximum absolute atomic E-state index is 11.3. The Hall–Kier alpha value is -4.50. The van der Waals surface area contributed by atoms with Crippen LogP contribution in [0.15, 0.2) is 72.9 Å². The van der Waals surface area contributed by atoms with E-state index in [9.17, 15) is 9.90 Å². The van der Waals surface area contributed by atoms with Crippen LogP contribution in [-0.4, -0.2) is 36.1 Å². The van der Waals surface area contributed by atoms with Gasteiger partial charge in [-0.15, -0.1) is 5.10 Å². The van der Waals surface area contributed by atoms with Crippen molar-refractivity contribution < 1.29 is 14.6 Å². The van der Waals surface area contributed by atoms with E-state index in [1.165, 1.54) is 6.07 Å². The summed E-state index contributed by atoms with van der Waals surface area (Å²) in [5, 5.41) is 20.8. The Morgan fingerprint density at radius 2 is 1.83 bits per heavy atom. The summed E-state index contributed by atoms with van der Waals surface area (Å²) in [6.45, 7) is 0. The summed E-state index contributed by atoms with van der Waals surface area (Å²) >= 11 is 0. The van der Waals surface area contributed by atoms with Gasteiger partial charge in [-0.3, -0.25) is 5.10 Å². The molecule has 4 N–H and O–H groups in total. The molecule has 0 saturated heterocycles. The van der Waals surface area contributed by atoms with E-state index in [1.54, 1.807) is 16.8 Å². The number of nitrogens with two attached hydrogens (primary N) is 1. The summed E-state index contributed by atoms with van der Waals surface area (Å²) in [6.07, 6.45) is 3.35. The zero-order valence-corrected chi connectivity index (χ0v) is 18.7. The second-order valence-electron chi connectivity index (χ2n) is 8.72. The second-order valence-corrected chi connectivity index (χ2v) is 8.72. The first-order valence-electron chi connectivity index (χ1n) is 11.3. The molecule has 0 atom stereocenters. The molecule has 0 unspecified atom stereocenters. The number of carboxylic acid groups (broad SMARTS) is 1. The number of benzene rings is 2. The molecule has 0 spiro atoms. The van der Waals surface area contributed by atoms with E-state index in [0.717, 1.165) is 36.0 Å². The smallest absolute Gasteiger partial charge is 0.449 e. The molecule has 0 aliphatic heterocycles. The molecular formula is C26H22N6O3. The van der Waals surface area contributed by atoms with Crippen LogP contribution in [0.1, 0.15) is 24.8 Å². The highest BCUT2D eigenvalue weighted by atomic mass is 16.7. The summed E-state index contributed by atoms with van der Waals surface area (Å²) in [5.41, 5.74) is 12.3. The standard InChI is InChI=1S/C26H22N6O3/c27-26(12-4-13-26)18-9-7-16(8-10-18)22-23(17-5-2-1-3-6-17)32-24(29-22)19(20-11-14-28-30-20)15-21(31-32)35-25(33)34/h1-3,5-11,14-15H,4,12-13,27H2,(H,28,30)(H,33,34). The van der Waals surface area contributed by atoms with Crippen molar-refractivity contribution >= 4 is 11.8 Å². The van der Waals surface area contributed by atoms with Crippen molar-refractivity contribution in [2.24, 2.45) is 5.73 Å². The van der Waals surface area contributed by atoms with Gasteiger partial charge < -0.3 is 15.6 Å². The van der Waals surface area contributed by atoms with Crippen molar-refractivity contribution in [3.8, 4) is 39.7 Å². The molecule has 1 fully saturated rings. The number of hydrogen-bond donors (Lipinski definition) is 3. The Bertz CT molecular complexity index is 1520. The number of H-pyrrole nitrogens is 1. The Morgan fingerprint density at radius 1 is 1.06 bits per heavy atom. The number of nitrogens with zero attached hydrogens (tertiary/aromatic N) is 4. The number of aromatic amines is 1. The maximum Gasteiger partial charge on any atom is 0.512 e. The van der Waals surface area contributed by atoms with E-state index in [2.05, 4.69) is 27.4 Å². The fourth-order valence-corrected chi connectivity index (χ4v) is 4.60. The minimum atomic E-state index is -1.45. The zero-order chi connectivity index (χ0) is 24.0. The van der Waals surface area contributed by atoms with Gasteiger partial charge in [-0.1, -0.05) is 54.6 Å². The van der Waals surface area contributed by atoms with Gasteiger partial charge in [-0.2, -0.15) is 5.10 Å². The van der Waals surface area contributed by atoms with Crippen molar-refractivity contribution in [3.05, 3.63) is 78.5 Å². The third kappa shape index (κ3) is 3.62. The summed E-state index contributed by atoms with van der Waals surface area (Å²) in [5.74, 6) is -0.0745. The van der Waals surface area contributed by atoms with Crippen LogP contribution in [0.25, 0.3) is 39.4 Å². The molecule has 6 rings (SSSR count). The van der Waals surface area contributed by atoms with Gasteiger partial charge in [-0.05, 0) is 30.9 Å². The van der Waals surface area contributed by atoms with Gasteiger partial charge in [0.2, 0.25) is 5.88 Å². The topological polar surface area (TPSA) is 131 Å². The van der Waals surface area contributed by atoms with Crippen LogP contribution < -0.4 is 10.5 Å². The summed E-state index contributed by atoms with van der Waals surface area (Å²) in [6, 6.07) is 21.2. The number of imidazole rings is 1. The molecule has 9 nitrogen and oxygen atoms in total. The SMILES string of the molecule is NC1(c2ccc(-c3nc4c(-c5cc[nH]n5)cc(OC(=O)O)nn4c3-c3ccccc3)cc2)CCC1. The highest BCUT2D eigenvalue weighted by molar-refractivity contribution is 5.87. The van der Waals surface area contributed by atoms with E-state index in [-0.39, 0.29) is 11.4 Å². The molecule has 1 aliphatic rings. The van der Waals surface area contributed by atoms with Crippen molar-refractivity contribution in [2.45, 2.75) is 24.8 Å². The number of carbonyl (C=O) groups is 1. The number of nitrogens with one attached hydrogen (secondary N) is 1.